The highest BCUT2D eigenvalue weighted by Gasteiger charge is 2.41. The Bertz CT molecular complexity index is 431. The number of aliphatic hydroxyl groups is 1. The molecule has 1 unspecified atom stereocenters. The molecule has 18 heavy (non-hydrogen) atoms. The zero-order valence-corrected chi connectivity index (χ0v) is 12.2. The van der Waals surface area contributed by atoms with Gasteiger partial charge in [0.1, 0.15) is 0 Å². The molecule has 1 saturated heterocycles. The number of rotatable bonds is 3. The third kappa shape index (κ3) is 2.24. The van der Waals surface area contributed by atoms with Crippen molar-refractivity contribution in [2.24, 2.45) is 5.92 Å². The number of nitrogens with zero attached hydrogens (tertiary/aromatic N) is 1. The number of hydrogen-bond donors (Lipinski definition) is 1. The van der Waals surface area contributed by atoms with Crippen molar-refractivity contribution in [2.75, 3.05) is 18.1 Å². The predicted octanol–water partition coefficient (Wildman–Crippen LogP) is 3.64. The van der Waals surface area contributed by atoms with Crippen LogP contribution in [0.15, 0.2) is 18.2 Å². The van der Waals surface area contributed by atoms with Gasteiger partial charge in [0.15, 0.2) is 0 Å². The molecule has 100 valence electrons. The lowest BCUT2D eigenvalue weighted by atomic mass is 9.86. The van der Waals surface area contributed by atoms with E-state index in [1.54, 1.807) is 0 Å². The van der Waals surface area contributed by atoms with Gasteiger partial charge in [-0.05, 0) is 57.2 Å². The summed E-state index contributed by atoms with van der Waals surface area (Å²) >= 11 is 6.22. The SMILES string of the molecule is Cc1c(Cl)cccc1N1CCC(CCO)C1(C)C. The fourth-order valence-corrected chi connectivity index (χ4v) is 3.29. The van der Waals surface area contributed by atoms with Crippen LogP contribution in [0.3, 0.4) is 0 Å². The van der Waals surface area contributed by atoms with E-state index in [1.165, 1.54) is 5.69 Å². The minimum Gasteiger partial charge on any atom is -0.396 e. The highest BCUT2D eigenvalue weighted by Crippen LogP contribution is 2.41. The van der Waals surface area contributed by atoms with Crippen LogP contribution in [0.1, 0.15) is 32.3 Å². The molecule has 1 aliphatic rings. The summed E-state index contributed by atoms with van der Waals surface area (Å²) in [5.41, 5.74) is 2.46. The standard InChI is InChI=1S/C15H22ClNO/c1-11-13(16)5-4-6-14(11)17-9-7-12(8-10-18)15(17,2)3/h4-6,12,18H,7-10H2,1-3H3. The Hall–Kier alpha value is -0.730. The van der Waals surface area contributed by atoms with Gasteiger partial charge in [-0.25, -0.2) is 0 Å². The first kappa shape index (κ1) is 13.7. The van der Waals surface area contributed by atoms with Gasteiger partial charge in [0.25, 0.3) is 0 Å². The molecular weight excluding hydrogens is 246 g/mol. The number of halogens is 1. The zero-order valence-electron chi connectivity index (χ0n) is 11.4. The average molecular weight is 268 g/mol. The highest BCUT2D eigenvalue weighted by molar-refractivity contribution is 6.31. The summed E-state index contributed by atoms with van der Waals surface area (Å²) in [4.78, 5) is 2.44. The third-order valence-electron chi connectivity index (χ3n) is 4.40. The lowest BCUT2D eigenvalue weighted by molar-refractivity contribution is 0.229. The topological polar surface area (TPSA) is 23.5 Å². The van der Waals surface area contributed by atoms with Crippen LogP contribution in [-0.2, 0) is 0 Å². The summed E-state index contributed by atoms with van der Waals surface area (Å²) in [7, 11) is 0. The Morgan fingerprint density at radius 3 is 2.83 bits per heavy atom. The van der Waals surface area contributed by atoms with Gasteiger partial charge in [-0.3, -0.25) is 0 Å². The lowest BCUT2D eigenvalue weighted by Gasteiger charge is -2.38. The first-order valence-corrected chi connectivity index (χ1v) is 7.00. The Morgan fingerprint density at radius 1 is 1.44 bits per heavy atom. The molecule has 1 heterocycles. The van der Waals surface area contributed by atoms with Gasteiger partial charge < -0.3 is 10.0 Å². The monoisotopic (exact) mass is 267 g/mol. The minimum absolute atomic E-state index is 0.0815. The van der Waals surface area contributed by atoms with Gasteiger partial charge in [0.05, 0.1) is 0 Å². The van der Waals surface area contributed by atoms with E-state index in [9.17, 15) is 5.11 Å². The molecule has 2 nitrogen and oxygen atoms in total. The zero-order chi connectivity index (χ0) is 13.3. The van der Waals surface area contributed by atoms with E-state index in [0.717, 1.165) is 30.0 Å². The molecule has 1 atom stereocenters. The van der Waals surface area contributed by atoms with Crippen molar-refractivity contribution in [3.63, 3.8) is 0 Å². The van der Waals surface area contributed by atoms with E-state index in [1.807, 2.05) is 12.1 Å². The quantitative estimate of drug-likeness (QED) is 0.904. The molecule has 0 aliphatic carbocycles. The minimum atomic E-state index is 0.0815. The van der Waals surface area contributed by atoms with E-state index in [2.05, 4.69) is 31.7 Å². The van der Waals surface area contributed by atoms with Crippen molar-refractivity contribution in [3.05, 3.63) is 28.8 Å². The van der Waals surface area contributed by atoms with E-state index in [0.29, 0.717) is 5.92 Å². The molecule has 1 aromatic rings. The van der Waals surface area contributed by atoms with Crippen LogP contribution in [0.2, 0.25) is 5.02 Å². The number of hydrogen-bond acceptors (Lipinski definition) is 2. The Labute approximate surface area is 115 Å². The average Bonchev–Trinajstić information content (AvgIpc) is 2.60. The van der Waals surface area contributed by atoms with E-state index in [-0.39, 0.29) is 12.1 Å². The molecule has 0 bridgehead atoms. The molecule has 0 aromatic heterocycles. The van der Waals surface area contributed by atoms with Gasteiger partial charge >= 0.3 is 0 Å². The van der Waals surface area contributed by atoms with E-state index < -0.39 is 0 Å². The van der Waals surface area contributed by atoms with Gasteiger partial charge in [0, 0.05) is 29.4 Å². The van der Waals surface area contributed by atoms with Crippen LogP contribution in [0.25, 0.3) is 0 Å². The van der Waals surface area contributed by atoms with Crippen LogP contribution < -0.4 is 4.90 Å². The Balaban J connectivity index is 2.32. The maximum absolute atomic E-state index is 9.17. The smallest absolute Gasteiger partial charge is 0.0455 e. The molecule has 3 heteroatoms. The van der Waals surface area contributed by atoms with Crippen LogP contribution in [-0.4, -0.2) is 23.8 Å². The normalized spacial score (nSPS) is 22.5. The summed E-state index contributed by atoms with van der Waals surface area (Å²) in [5.74, 6) is 0.542. The third-order valence-corrected chi connectivity index (χ3v) is 4.81. The second kappa shape index (κ2) is 5.10. The first-order valence-electron chi connectivity index (χ1n) is 6.62. The first-order chi connectivity index (χ1) is 8.48. The molecule has 1 fully saturated rings. The van der Waals surface area contributed by atoms with Crippen molar-refractivity contribution >= 4 is 17.3 Å². The molecule has 1 aliphatic heterocycles. The highest BCUT2D eigenvalue weighted by atomic mass is 35.5. The summed E-state index contributed by atoms with van der Waals surface area (Å²) < 4.78 is 0. The molecule has 1 N–H and O–H groups in total. The maximum atomic E-state index is 9.17. The van der Waals surface area contributed by atoms with E-state index >= 15 is 0 Å². The molecule has 0 radical (unpaired) electrons. The molecule has 2 rings (SSSR count). The summed E-state index contributed by atoms with van der Waals surface area (Å²) in [6, 6.07) is 6.10. The fourth-order valence-electron chi connectivity index (χ4n) is 3.12. The fraction of sp³-hybridized carbons (Fsp3) is 0.600. The van der Waals surface area contributed by atoms with Crippen molar-refractivity contribution in [1.82, 2.24) is 0 Å². The van der Waals surface area contributed by atoms with Gasteiger partial charge in [-0.2, -0.15) is 0 Å². The Kier molecular flexibility index (Phi) is 3.88. The largest absolute Gasteiger partial charge is 0.396 e. The second-order valence-electron chi connectivity index (χ2n) is 5.69. The van der Waals surface area contributed by atoms with Gasteiger partial charge in [-0.1, -0.05) is 17.7 Å². The molecule has 1 aromatic carbocycles. The summed E-state index contributed by atoms with van der Waals surface area (Å²) in [6.45, 7) is 7.92. The van der Waals surface area contributed by atoms with Gasteiger partial charge in [0.2, 0.25) is 0 Å². The number of aliphatic hydroxyl groups excluding tert-OH is 1. The van der Waals surface area contributed by atoms with Crippen molar-refractivity contribution in [1.29, 1.82) is 0 Å². The van der Waals surface area contributed by atoms with Crippen LogP contribution >= 0.6 is 11.6 Å². The molecule has 0 saturated carbocycles. The lowest BCUT2D eigenvalue weighted by Crippen LogP contribution is -2.43. The van der Waals surface area contributed by atoms with Crippen LogP contribution in [0.4, 0.5) is 5.69 Å². The van der Waals surface area contributed by atoms with E-state index in [4.69, 9.17) is 11.6 Å². The van der Waals surface area contributed by atoms with Gasteiger partial charge in [-0.15, -0.1) is 0 Å². The summed E-state index contributed by atoms with van der Waals surface area (Å²) in [6.07, 6.45) is 2.02. The van der Waals surface area contributed by atoms with Crippen molar-refractivity contribution < 1.29 is 5.11 Å². The number of benzene rings is 1. The van der Waals surface area contributed by atoms with Crippen molar-refractivity contribution in [2.45, 2.75) is 39.2 Å². The number of anilines is 1. The molecule has 0 amide bonds. The summed E-state index contributed by atoms with van der Waals surface area (Å²) in [5, 5.41) is 10.0. The Morgan fingerprint density at radius 2 is 2.17 bits per heavy atom. The predicted molar refractivity (Wildman–Crippen MR) is 77.4 cm³/mol. The second-order valence-corrected chi connectivity index (χ2v) is 6.09. The molecule has 0 spiro atoms. The van der Waals surface area contributed by atoms with Crippen molar-refractivity contribution in [3.8, 4) is 0 Å². The molecular formula is C15H22ClNO. The van der Waals surface area contributed by atoms with Crippen LogP contribution in [0, 0.1) is 12.8 Å². The van der Waals surface area contributed by atoms with Crippen LogP contribution in [0.5, 0.6) is 0 Å². The maximum Gasteiger partial charge on any atom is 0.0455 e.